The summed E-state index contributed by atoms with van der Waals surface area (Å²) in [6.45, 7) is 0.973. The minimum absolute atomic E-state index is 0.151. The van der Waals surface area contributed by atoms with E-state index < -0.39 is 12.2 Å². The van der Waals surface area contributed by atoms with Crippen LogP contribution in [0.4, 0.5) is 11.6 Å². The number of hydrogen-bond acceptors (Lipinski definition) is 8. The zero-order valence-corrected chi connectivity index (χ0v) is 16.5. The van der Waals surface area contributed by atoms with Gasteiger partial charge in [0.2, 0.25) is 0 Å². The molecule has 0 amide bonds. The van der Waals surface area contributed by atoms with Gasteiger partial charge in [-0.05, 0) is 48.5 Å². The molecule has 0 spiro atoms. The molecule has 2 aromatic heterocycles. The van der Waals surface area contributed by atoms with Crippen molar-refractivity contribution in [2.24, 2.45) is 0 Å². The maximum absolute atomic E-state index is 10.0. The standard InChI is InChI=1S/C22H26N4O4/c27-17(13-25-21-5-1-3-11-23-21)15-29-19-7-9-20(10-8-19)30-16-18(28)14-26-22-6-2-4-12-24-22/h1-12,17-18,27-28H,13-16H2,(H,23,25)(H,24,26)/t17-,18+. The molecule has 0 bridgehead atoms. The van der Waals surface area contributed by atoms with E-state index in [9.17, 15) is 10.2 Å². The Kier molecular flexibility index (Phi) is 8.25. The van der Waals surface area contributed by atoms with Crippen molar-refractivity contribution in [3.63, 3.8) is 0 Å². The fourth-order valence-electron chi connectivity index (χ4n) is 2.51. The number of rotatable bonds is 12. The van der Waals surface area contributed by atoms with Crippen molar-refractivity contribution in [3.05, 3.63) is 73.1 Å². The second kappa shape index (κ2) is 11.6. The predicted molar refractivity (Wildman–Crippen MR) is 115 cm³/mol. The Morgan fingerprint density at radius 3 is 1.47 bits per heavy atom. The summed E-state index contributed by atoms with van der Waals surface area (Å²) in [6, 6.07) is 18.1. The van der Waals surface area contributed by atoms with Crippen LogP contribution in [-0.4, -0.2) is 58.7 Å². The van der Waals surface area contributed by atoms with Crippen LogP contribution in [0.2, 0.25) is 0 Å². The Labute approximate surface area is 175 Å². The summed E-state index contributed by atoms with van der Waals surface area (Å²) in [6.07, 6.45) is 2.02. The summed E-state index contributed by atoms with van der Waals surface area (Å²) in [5.41, 5.74) is 0. The Morgan fingerprint density at radius 2 is 1.10 bits per heavy atom. The van der Waals surface area contributed by atoms with Crippen molar-refractivity contribution in [1.82, 2.24) is 9.97 Å². The Bertz CT molecular complexity index is 778. The molecule has 0 aliphatic carbocycles. The number of pyridine rings is 2. The first-order valence-electron chi connectivity index (χ1n) is 9.70. The number of nitrogens with one attached hydrogen (secondary N) is 2. The van der Waals surface area contributed by atoms with Crippen molar-refractivity contribution < 1.29 is 19.7 Å². The van der Waals surface area contributed by atoms with Crippen LogP contribution in [0.15, 0.2) is 73.1 Å². The van der Waals surface area contributed by atoms with Gasteiger partial charge < -0.3 is 30.3 Å². The fourth-order valence-corrected chi connectivity index (χ4v) is 2.51. The molecule has 0 unspecified atom stereocenters. The normalized spacial score (nSPS) is 12.6. The van der Waals surface area contributed by atoms with Gasteiger partial charge in [0.15, 0.2) is 0 Å². The molecule has 0 radical (unpaired) electrons. The summed E-state index contributed by atoms with van der Waals surface area (Å²) in [5.74, 6) is 2.65. The Morgan fingerprint density at radius 1 is 0.667 bits per heavy atom. The van der Waals surface area contributed by atoms with E-state index in [4.69, 9.17) is 9.47 Å². The summed E-state index contributed by atoms with van der Waals surface area (Å²) in [4.78, 5) is 8.27. The molecule has 3 rings (SSSR count). The number of aliphatic hydroxyl groups is 2. The number of ether oxygens (including phenoxy) is 2. The van der Waals surface area contributed by atoms with E-state index in [-0.39, 0.29) is 13.2 Å². The maximum Gasteiger partial charge on any atom is 0.125 e. The molecule has 3 aromatic rings. The topological polar surface area (TPSA) is 109 Å². The molecule has 1 aromatic carbocycles. The summed E-state index contributed by atoms with van der Waals surface area (Å²) >= 11 is 0. The molecule has 30 heavy (non-hydrogen) atoms. The monoisotopic (exact) mass is 410 g/mol. The van der Waals surface area contributed by atoms with Crippen LogP contribution in [0.3, 0.4) is 0 Å². The molecular formula is C22H26N4O4. The SMILES string of the molecule is O[C@H](CNc1ccccn1)COc1ccc(OC[C@@H](O)CNc2ccccn2)cc1. The first-order valence-corrected chi connectivity index (χ1v) is 9.70. The number of hydrogen-bond donors (Lipinski definition) is 4. The van der Waals surface area contributed by atoms with Crippen molar-refractivity contribution in [3.8, 4) is 11.5 Å². The van der Waals surface area contributed by atoms with E-state index in [0.717, 1.165) is 0 Å². The van der Waals surface area contributed by atoms with Gasteiger partial charge in [-0.15, -0.1) is 0 Å². The molecule has 2 atom stereocenters. The maximum atomic E-state index is 10.0. The molecule has 8 heteroatoms. The van der Waals surface area contributed by atoms with Gasteiger partial charge in [0.05, 0.1) is 0 Å². The van der Waals surface area contributed by atoms with Crippen LogP contribution < -0.4 is 20.1 Å². The highest BCUT2D eigenvalue weighted by Crippen LogP contribution is 2.18. The molecule has 0 saturated carbocycles. The highest BCUT2D eigenvalue weighted by molar-refractivity contribution is 5.34. The van der Waals surface area contributed by atoms with Crippen molar-refractivity contribution in [2.45, 2.75) is 12.2 Å². The van der Waals surface area contributed by atoms with E-state index in [1.165, 1.54) is 0 Å². The van der Waals surface area contributed by atoms with E-state index in [1.807, 2.05) is 36.4 Å². The average Bonchev–Trinajstić information content (AvgIpc) is 2.80. The molecule has 8 nitrogen and oxygen atoms in total. The molecule has 2 heterocycles. The molecular weight excluding hydrogens is 384 g/mol. The van der Waals surface area contributed by atoms with Gasteiger partial charge in [0.1, 0.15) is 48.6 Å². The van der Waals surface area contributed by atoms with Gasteiger partial charge in [-0.25, -0.2) is 9.97 Å². The van der Waals surface area contributed by atoms with Gasteiger partial charge in [-0.3, -0.25) is 0 Å². The van der Waals surface area contributed by atoms with Crippen LogP contribution in [0.1, 0.15) is 0 Å². The molecule has 158 valence electrons. The van der Waals surface area contributed by atoms with Gasteiger partial charge in [-0.1, -0.05) is 12.1 Å². The zero-order chi connectivity index (χ0) is 21.0. The highest BCUT2D eigenvalue weighted by Gasteiger charge is 2.08. The molecule has 0 aliphatic heterocycles. The van der Waals surface area contributed by atoms with E-state index in [0.29, 0.717) is 36.2 Å². The van der Waals surface area contributed by atoms with Crippen LogP contribution >= 0.6 is 0 Å². The van der Waals surface area contributed by atoms with Gasteiger partial charge >= 0.3 is 0 Å². The number of aromatic nitrogens is 2. The Balaban J connectivity index is 1.33. The smallest absolute Gasteiger partial charge is 0.125 e. The van der Waals surface area contributed by atoms with Crippen LogP contribution in [0.25, 0.3) is 0 Å². The third kappa shape index (κ3) is 7.57. The summed E-state index contributed by atoms with van der Waals surface area (Å²) < 4.78 is 11.2. The van der Waals surface area contributed by atoms with Crippen molar-refractivity contribution >= 4 is 11.6 Å². The third-order valence-electron chi connectivity index (χ3n) is 4.08. The fraction of sp³-hybridized carbons (Fsp3) is 0.273. The summed E-state index contributed by atoms with van der Waals surface area (Å²) in [7, 11) is 0. The Hall–Kier alpha value is -3.36. The molecule has 0 aliphatic rings. The highest BCUT2D eigenvalue weighted by atomic mass is 16.5. The van der Waals surface area contributed by atoms with E-state index >= 15 is 0 Å². The summed E-state index contributed by atoms with van der Waals surface area (Å²) in [5, 5.41) is 26.1. The van der Waals surface area contributed by atoms with Gasteiger partial charge in [0, 0.05) is 25.5 Å². The number of benzene rings is 1. The lowest BCUT2D eigenvalue weighted by Crippen LogP contribution is -2.26. The predicted octanol–water partition coefficient (Wildman–Crippen LogP) is 2.18. The van der Waals surface area contributed by atoms with Crippen LogP contribution in [0.5, 0.6) is 11.5 Å². The zero-order valence-electron chi connectivity index (χ0n) is 16.5. The van der Waals surface area contributed by atoms with Gasteiger partial charge in [-0.2, -0.15) is 0 Å². The van der Waals surface area contributed by atoms with E-state index in [1.54, 1.807) is 36.7 Å². The van der Waals surface area contributed by atoms with Crippen LogP contribution in [0, 0.1) is 0 Å². The second-order valence-corrected chi connectivity index (χ2v) is 6.59. The quantitative estimate of drug-likeness (QED) is 0.360. The van der Waals surface area contributed by atoms with Crippen LogP contribution in [-0.2, 0) is 0 Å². The number of aliphatic hydroxyl groups excluding tert-OH is 2. The lowest BCUT2D eigenvalue weighted by Gasteiger charge is -2.15. The largest absolute Gasteiger partial charge is 0.491 e. The number of nitrogens with zero attached hydrogens (tertiary/aromatic N) is 2. The second-order valence-electron chi connectivity index (χ2n) is 6.59. The minimum atomic E-state index is -0.676. The number of anilines is 2. The first-order chi connectivity index (χ1) is 14.7. The average molecular weight is 410 g/mol. The van der Waals surface area contributed by atoms with Crippen molar-refractivity contribution in [2.75, 3.05) is 36.9 Å². The van der Waals surface area contributed by atoms with E-state index in [2.05, 4.69) is 20.6 Å². The lowest BCUT2D eigenvalue weighted by molar-refractivity contribution is 0.115. The van der Waals surface area contributed by atoms with Crippen molar-refractivity contribution in [1.29, 1.82) is 0 Å². The third-order valence-corrected chi connectivity index (χ3v) is 4.08. The van der Waals surface area contributed by atoms with Gasteiger partial charge in [0.25, 0.3) is 0 Å². The molecule has 0 saturated heterocycles. The molecule has 4 N–H and O–H groups in total. The minimum Gasteiger partial charge on any atom is -0.491 e. The lowest BCUT2D eigenvalue weighted by atomic mass is 10.3. The molecule has 0 fully saturated rings. The first kappa shape index (κ1) is 21.4.